The summed E-state index contributed by atoms with van der Waals surface area (Å²) in [7, 11) is 0. The van der Waals surface area contributed by atoms with Gasteiger partial charge in [-0.25, -0.2) is 9.63 Å². The molecular weight excluding hydrogens is 1160 g/mol. The number of nitrogens with one attached hydrogen (secondary N) is 2. The highest BCUT2D eigenvalue weighted by Gasteiger charge is 2.33. The fraction of sp³-hybridized carbons (Fsp3) is 0.276. The van der Waals surface area contributed by atoms with E-state index in [0.717, 1.165) is 6.42 Å². The Morgan fingerprint density at radius 3 is 2.24 bits per heavy atom. The summed E-state index contributed by atoms with van der Waals surface area (Å²) in [6.45, 7) is 1.17. The first-order valence-corrected chi connectivity index (χ1v) is 19.6. The minimum Gasteiger partial charge on any atom is -0.506 e. The van der Waals surface area contributed by atoms with E-state index in [1.807, 2.05) is 90.4 Å². The van der Waals surface area contributed by atoms with E-state index in [1.165, 1.54) is 0 Å². The molecule has 3 N–H and O–H groups in total. The Morgan fingerprint density at radius 1 is 0.848 bits per heavy atom. The minimum atomic E-state index is -0.791. The van der Waals surface area contributed by atoms with Crippen molar-refractivity contribution in [3.8, 4) is 28.2 Å². The maximum Gasteiger partial charge on any atom is 0.340 e. The lowest BCUT2D eigenvalue weighted by Gasteiger charge is -2.22. The van der Waals surface area contributed by atoms with Crippen molar-refractivity contribution in [2.24, 2.45) is 0 Å². The number of carbonyl (C=O) groups excluding carboxylic acids is 2. The summed E-state index contributed by atoms with van der Waals surface area (Å²) in [5.41, 5.74) is 0.896. The molecule has 17 heteroatoms. The molecule has 246 valence electrons. The van der Waals surface area contributed by atoms with Crippen LogP contribution in [-0.2, 0) is 9.53 Å². The second-order valence-corrected chi connectivity index (χ2v) is 16.1. The molecule has 0 bridgehead atoms. The molecule has 1 amide bonds. The van der Waals surface area contributed by atoms with Crippen LogP contribution >= 0.6 is 149 Å². The lowest BCUT2D eigenvalue weighted by atomic mass is 9.90. The average molecular weight is 1180 g/mol. The van der Waals surface area contributed by atoms with Crippen molar-refractivity contribution in [1.82, 2.24) is 10.2 Å². The molecule has 1 aliphatic carbocycles. The van der Waals surface area contributed by atoms with Crippen LogP contribution < -0.4 is 15.6 Å². The minimum absolute atomic E-state index is 0.00961. The van der Waals surface area contributed by atoms with Crippen LogP contribution in [0.15, 0.2) is 21.3 Å². The van der Waals surface area contributed by atoms with Gasteiger partial charge in [-0.15, -0.1) is 0 Å². The molecule has 46 heavy (non-hydrogen) atoms. The first kappa shape index (κ1) is 39.0. The van der Waals surface area contributed by atoms with Crippen molar-refractivity contribution in [3.05, 3.63) is 62.3 Å². The Hall–Kier alpha value is 0.200. The third kappa shape index (κ3) is 8.38. The topological polar surface area (TPSA) is 118 Å². The number of benzene rings is 3. The fourth-order valence-corrected chi connectivity index (χ4v) is 9.33. The number of halogens is 9. The maximum absolute atomic E-state index is 13.8. The van der Waals surface area contributed by atoms with Gasteiger partial charge in [0.05, 0.1) is 43.0 Å². The first-order valence-electron chi connectivity index (χ1n) is 13.4. The third-order valence-corrected chi connectivity index (χ3v) is 12.4. The Bertz CT molecular complexity index is 1870. The third-order valence-electron chi connectivity index (χ3n) is 6.80. The molecule has 2 aromatic carbocycles. The number of hydrogen-bond donors (Lipinski definition) is 3. The number of unbranched alkanes of at least 4 members (excludes halogenated alkanes) is 2. The van der Waals surface area contributed by atoms with Crippen molar-refractivity contribution in [1.29, 1.82) is 0 Å². The van der Waals surface area contributed by atoms with E-state index < -0.39 is 5.97 Å². The monoisotopic (exact) mass is 1180 g/mol. The van der Waals surface area contributed by atoms with Crippen molar-refractivity contribution in [3.63, 3.8) is 0 Å². The van der Waals surface area contributed by atoms with Crippen LogP contribution in [0, 0.1) is 14.3 Å². The standard InChI is InChI=1S/C29H21Cl5I4N2O6/c30-19-17(16-11-9-13(35)25(42)23(37)27(11)46-28-12(16)10-14(36)26(43)24(28)38)18(20(31)22(33)21(19)32)29(44)45-8-3-1-2-5-15(41)39-6-4-7-40-34/h9-10,40,42H,1-8H2,(H,39,41). The number of hydrogen-bond acceptors (Lipinski definition) is 7. The summed E-state index contributed by atoms with van der Waals surface area (Å²) in [4.78, 5) is 41.2. The van der Waals surface area contributed by atoms with Gasteiger partial charge in [0.2, 0.25) is 11.3 Å². The van der Waals surface area contributed by atoms with E-state index in [4.69, 9.17) is 67.3 Å². The first-order chi connectivity index (χ1) is 21.8. The van der Waals surface area contributed by atoms with Crippen LogP contribution in [0.4, 0.5) is 0 Å². The molecule has 2 aliphatic rings. The molecule has 4 rings (SSSR count). The predicted octanol–water partition coefficient (Wildman–Crippen LogP) is 10.3. The van der Waals surface area contributed by atoms with E-state index in [2.05, 4.69) is 10.2 Å². The molecule has 1 aliphatic heterocycles. The van der Waals surface area contributed by atoms with Crippen LogP contribution in [0.25, 0.3) is 33.4 Å². The molecule has 8 nitrogen and oxygen atoms in total. The van der Waals surface area contributed by atoms with Crippen LogP contribution in [-0.4, -0.2) is 36.7 Å². The summed E-state index contributed by atoms with van der Waals surface area (Å²) < 4.78 is 13.5. The molecule has 0 aromatic heterocycles. The number of phenols is 1. The van der Waals surface area contributed by atoms with Gasteiger partial charge in [-0.3, -0.25) is 9.59 Å². The highest BCUT2D eigenvalue weighted by molar-refractivity contribution is 14.1. The number of fused-ring (bicyclic) bond motifs is 2. The number of carbonyl (C=O) groups is 2. The van der Waals surface area contributed by atoms with Gasteiger partial charge in [-0.2, -0.15) is 0 Å². The molecule has 1 heterocycles. The maximum atomic E-state index is 13.8. The Labute approximate surface area is 343 Å². The molecule has 0 saturated carbocycles. The highest BCUT2D eigenvalue weighted by atomic mass is 127. The number of ether oxygens (including phenoxy) is 1. The number of phenolic OH excluding ortho intramolecular Hbond substituents is 1. The zero-order valence-corrected chi connectivity index (χ0v) is 35.6. The summed E-state index contributed by atoms with van der Waals surface area (Å²) in [6, 6.07) is 3.32. The van der Waals surface area contributed by atoms with Crippen molar-refractivity contribution >= 4 is 171 Å². The van der Waals surface area contributed by atoms with Crippen LogP contribution in [0.1, 0.15) is 42.5 Å². The van der Waals surface area contributed by atoms with Crippen LogP contribution in [0.2, 0.25) is 20.1 Å². The van der Waals surface area contributed by atoms with Gasteiger partial charge in [0.1, 0.15) is 9.32 Å². The van der Waals surface area contributed by atoms with E-state index in [9.17, 15) is 19.5 Å². The fourth-order valence-electron chi connectivity index (χ4n) is 4.59. The zero-order chi connectivity index (χ0) is 33.9. The molecule has 0 unspecified atom stereocenters. The lowest BCUT2D eigenvalue weighted by molar-refractivity contribution is -0.121. The Kier molecular flexibility index (Phi) is 14.8. The van der Waals surface area contributed by atoms with Gasteiger partial charge in [0.15, 0.2) is 11.3 Å². The summed E-state index contributed by atoms with van der Waals surface area (Å²) in [5, 5.41) is 13.6. The van der Waals surface area contributed by atoms with Gasteiger partial charge in [0.25, 0.3) is 0 Å². The molecule has 0 spiro atoms. The van der Waals surface area contributed by atoms with Gasteiger partial charge < -0.3 is 19.6 Å². The number of aromatic hydroxyl groups is 1. The number of amides is 1. The molecule has 0 radical (unpaired) electrons. The van der Waals surface area contributed by atoms with E-state index in [1.54, 1.807) is 12.1 Å². The van der Waals surface area contributed by atoms with Gasteiger partial charge >= 0.3 is 5.97 Å². The number of esters is 1. The predicted molar refractivity (Wildman–Crippen MR) is 217 cm³/mol. The Morgan fingerprint density at radius 2 is 1.54 bits per heavy atom. The lowest BCUT2D eigenvalue weighted by Crippen LogP contribution is -2.25. The highest BCUT2D eigenvalue weighted by Crippen LogP contribution is 2.52. The largest absolute Gasteiger partial charge is 0.506 e. The summed E-state index contributed by atoms with van der Waals surface area (Å²) in [5.74, 6) is -0.635. The van der Waals surface area contributed by atoms with Gasteiger partial charge in [-0.05, 0) is 140 Å². The molecule has 0 saturated heterocycles. The zero-order valence-electron chi connectivity index (χ0n) is 23.2. The van der Waals surface area contributed by atoms with E-state index in [0.29, 0.717) is 69.6 Å². The van der Waals surface area contributed by atoms with Crippen molar-refractivity contribution in [2.75, 3.05) is 19.7 Å². The van der Waals surface area contributed by atoms with E-state index in [-0.39, 0.29) is 66.3 Å². The normalized spacial score (nSPS) is 11.4. The molecule has 0 atom stereocenters. The summed E-state index contributed by atoms with van der Waals surface area (Å²) in [6.07, 6.45) is 2.80. The molecule has 0 fully saturated rings. The SMILES string of the molecule is O=C(CCCCCOC(=O)c1c(Cl)c(Cl)c(Cl)c(Cl)c1-c1c2cc(I)c(=O)c(I)c-2oc2c(I)c(O)c(I)cc12)NCCCNCl. The average Bonchev–Trinajstić information content (AvgIpc) is 3.03. The van der Waals surface area contributed by atoms with Crippen molar-refractivity contribution in [2.45, 2.75) is 32.1 Å². The van der Waals surface area contributed by atoms with Crippen LogP contribution in [0.3, 0.4) is 0 Å². The van der Waals surface area contributed by atoms with Gasteiger partial charge in [-0.1, -0.05) is 46.4 Å². The van der Waals surface area contributed by atoms with Crippen molar-refractivity contribution < 1.29 is 23.8 Å². The molecular formula is C29H21Cl5I4N2O6. The second-order valence-electron chi connectivity index (χ2n) is 9.79. The smallest absolute Gasteiger partial charge is 0.340 e. The van der Waals surface area contributed by atoms with E-state index >= 15 is 0 Å². The second kappa shape index (κ2) is 17.4. The quantitative estimate of drug-likeness (QED) is 0.0246. The van der Waals surface area contributed by atoms with Crippen LogP contribution in [0.5, 0.6) is 5.75 Å². The van der Waals surface area contributed by atoms with Gasteiger partial charge in [0, 0.05) is 41.6 Å². The summed E-state index contributed by atoms with van der Waals surface area (Å²) >= 11 is 39.8. The Balaban J connectivity index is 1.76. The molecule has 2 aromatic rings. The number of rotatable bonds is 12.